The third-order valence-electron chi connectivity index (χ3n) is 4.28. The number of anilines is 1. The topological polar surface area (TPSA) is 88.9 Å². The zero-order valence-corrected chi connectivity index (χ0v) is 15.9. The molecule has 0 saturated carbocycles. The number of ether oxygens (including phenoxy) is 1. The Balaban J connectivity index is 1.80. The molecule has 0 aliphatic carbocycles. The number of carbonyl (C=O) groups is 1. The van der Waals surface area contributed by atoms with Gasteiger partial charge < -0.3 is 14.5 Å². The first-order valence-corrected chi connectivity index (χ1v) is 9.80. The molecule has 1 aliphatic rings. The van der Waals surface area contributed by atoms with Crippen molar-refractivity contribution in [3.8, 4) is 0 Å². The Labute approximate surface area is 153 Å². The van der Waals surface area contributed by atoms with E-state index in [1.54, 1.807) is 0 Å². The normalized spacial score (nSPS) is 15.8. The van der Waals surface area contributed by atoms with Gasteiger partial charge in [-0.1, -0.05) is 17.7 Å². The standard InChI is InChI=1S/C18H22N2O5S/c1-12-10-13(2)17(14(3)11-12)19-18(21)15-4-5-16(25-15)26(22,23)20-6-8-24-9-7-20/h4-5,10-11H,6-9H2,1-3H3,(H,19,21). The van der Waals surface area contributed by atoms with E-state index in [9.17, 15) is 13.2 Å². The van der Waals surface area contributed by atoms with Crippen molar-refractivity contribution in [1.29, 1.82) is 0 Å². The van der Waals surface area contributed by atoms with E-state index in [0.29, 0.717) is 18.9 Å². The van der Waals surface area contributed by atoms with Crippen LogP contribution in [0.25, 0.3) is 0 Å². The molecule has 1 aromatic carbocycles. The quantitative estimate of drug-likeness (QED) is 0.883. The summed E-state index contributed by atoms with van der Waals surface area (Å²) in [5.41, 5.74) is 3.68. The number of carbonyl (C=O) groups excluding carboxylic acids is 1. The summed E-state index contributed by atoms with van der Waals surface area (Å²) < 4.78 is 37.0. The molecule has 2 aromatic rings. The summed E-state index contributed by atoms with van der Waals surface area (Å²) in [4.78, 5) is 12.5. The molecule has 2 heterocycles. The van der Waals surface area contributed by atoms with Crippen LogP contribution in [0, 0.1) is 20.8 Å². The third-order valence-corrected chi connectivity index (χ3v) is 6.06. The molecular weight excluding hydrogens is 356 g/mol. The summed E-state index contributed by atoms with van der Waals surface area (Å²) in [6.45, 7) is 7.04. The number of morpholine rings is 1. The molecule has 8 heteroatoms. The average Bonchev–Trinajstić information content (AvgIpc) is 3.09. The first-order chi connectivity index (χ1) is 12.3. The average molecular weight is 378 g/mol. The predicted molar refractivity (Wildman–Crippen MR) is 96.9 cm³/mol. The Hall–Kier alpha value is -2.16. The van der Waals surface area contributed by atoms with E-state index in [1.165, 1.54) is 16.4 Å². The highest BCUT2D eigenvalue weighted by Crippen LogP contribution is 2.24. The van der Waals surface area contributed by atoms with E-state index in [0.717, 1.165) is 16.7 Å². The third kappa shape index (κ3) is 3.67. The largest absolute Gasteiger partial charge is 0.438 e. The maximum Gasteiger partial charge on any atom is 0.291 e. The fraction of sp³-hybridized carbons (Fsp3) is 0.389. The molecule has 7 nitrogen and oxygen atoms in total. The van der Waals surface area contributed by atoms with Crippen molar-refractivity contribution in [2.24, 2.45) is 0 Å². The number of benzene rings is 1. The summed E-state index contributed by atoms with van der Waals surface area (Å²) >= 11 is 0. The fourth-order valence-electron chi connectivity index (χ4n) is 3.05. The van der Waals surface area contributed by atoms with Crippen molar-refractivity contribution in [2.75, 3.05) is 31.6 Å². The number of nitrogens with one attached hydrogen (secondary N) is 1. The molecule has 1 amide bonds. The summed E-state index contributed by atoms with van der Waals surface area (Å²) in [5.74, 6) is -0.528. The summed E-state index contributed by atoms with van der Waals surface area (Å²) in [7, 11) is -3.76. The lowest BCUT2D eigenvalue weighted by Crippen LogP contribution is -2.40. The van der Waals surface area contributed by atoms with E-state index >= 15 is 0 Å². The van der Waals surface area contributed by atoms with Crippen LogP contribution in [0.1, 0.15) is 27.2 Å². The van der Waals surface area contributed by atoms with Gasteiger partial charge in [-0.3, -0.25) is 4.79 Å². The lowest BCUT2D eigenvalue weighted by atomic mass is 10.1. The molecule has 140 valence electrons. The van der Waals surface area contributed by atoms with E-state index in [4.69, 9.17) is 9.15 Å². The molecule has 1 aromatic heterocycles. The first-order valence-electron chi connectivity index (χ1n) is 8.36. The van der Waals surface area contributed by atoms with Gasteiger partial charge in [0, 0.05) is 18.8 Å². The van der Waals surface area contributed by atoms with Crippen LogP contribution in [-0.4, -0.2) is 44.9 Å². The Kier molecular flexibility index (Phi) is 5.17. The van der Waals surface area contributed by atoms with E-state index in [2.05, 4.69) is 5.32 Å². The van der Waals surface area contributed by atoms with Crippen LogP contribution >= 0.6 is 0 Å². The molecule has 1 saturated heterocycles. The molecule has 1 aliphatic heterocycles. The second-order valence-corrected chi connectivity index (χ2v) is 8.23. The smallest absolute Gasteiger partial charge is 0.291 e. The molecular formula is C18H22N2O5S. The number of sulfonamides is 1. The molecule has 0 spiro atoms. The van der Waals surface area contributed by atoms with Gasteiger partial charge in [0.05, 0.1) is 13.2 Å². The Morgan fingerprint density at radius 3 is 2.31 bits per heavy atom. The van der Waals surface area contributed by atoms with Crippen molar-refractivity contribution < 1.29 is 22.4 Å². The summed E-state index contributed by atoms with van der Waals surface area (Å²) in [6, 6.07) is 6.63. The van der Waals surface area contributed by atoms with Gasteiger partial charge in [-0.2, -0.15) is 4.31 Å². The van der Waals surface area contributed by atoms with Crippen LogP contribution in [0.15, 0.2) is 33.8 Å². The Bertz CT molecular complexity index is 904. The fourth-order valence-corrected chi connectivity index (χ4v) is 4.37. The van der Waals surface area contributed by atoms with Gasteiger partial charge in [0.15, 0.2) is 5.76 Å². The van der Waals surface area contributed by atoms with Crippen LogP contribution in [0.4, 0.5) is 5.69 Å². The molecule has 0 atom stereocenters. The van der Waals surface area contributed by atoms with Gasteiger partial charge in [-0.05, 0) is 44.0 Å². The number of hydrogen-bond acceptors (Lipinski definition) is 5. The van der Waals surface area contributed by atoms with Crippen molar-refractivity contribution in [1.82, 2.24) is 4.31 Å². The highest BCUT2D eigenvalue weighted by molar-refractivity contribution is 7.89. The highest BCUT2D eigenvalue weighted by Gasteiger charge is 2.30. The first kappa shape index (κ1) is 18.6. The monoisotopic (exact) mass is 378 g/mol. The molecule has 3 rings (SSSR count). The van der Waals surface area contributed by atoms with Gasteiger partial charge in [0.1, 0.15) is 0 Å². The number of aryl methyl sites for hydroxylation is 3. The predicted octanol–water partition coefficient (Wildman–Crippen LogP) is 2.48. The van der Waals surface area contributed by atoms with Gasteiger partial charge in [0.2, 0.25) is 5.09 Å². The van der Waals surface area contributed by atoms with E-state index in [1.807, 2.05) is 32.9 Å². The second-order valence-electron chi connectivity index (χ2n) is 6.36. The summed E-state index contributed by atoms with van der Waals surface area (Å²) in [6.07, 6.45) is 0. The van der Waals surface area contributed by atoms with Crippen molar-refractivity contribution in [2.45, 2.75) is 25.9 Å². The van der Waals surface area contributed by atoms with Crippen LogP contribution in [0.2, 0.25) is 0 Å². The van der Waals surface area contributed by atoms with Crippen LogP contribution in [-0.2, 0) is 14.8 Å². The van der Waals surface area contributed by atoms with Crippen molar-refractivity contribution in [3.63, 3.8) is 0 Å². The Morgan fingerprint density at radius 1 is 1.08 bits per heavy atom. The van der Waals surface area contributed by atoms with Gasteiger partial charge in [-0.15, -0.1) is 0 Å². The van der Waals surface area contributed by atoms with Gasteiger partial charge in [-0.25, -0.2) is 8.42 Å². The minimum atomic E-state index is -3.76. The zero-order valence-electron chi connectivity index (χ0n) is 15.0. The molecule has 1 fully saturated rings. The summed E-state index contributed by atoms with van der Waals surface area (Å²) in [5, 5.41) is 2.57. The molecule has 0 bridgehead atoms. The number of hydrogen-bond donors (Lipinski definition) is 1. The molecule has 1 N–H and O–H groups in total. The second kappa shape index (κ2) is 7.22. The lowest BCUT2D eigenvalue weighted by Gasteiger charge is -2.24. The SMILES string of the molecule is Cc1cc(C)c(NC(=O)c2ccc(S(=O)(=O)N3CCOCC3)o2)c(C)c1. The number of nitrogens with zero attached hydrogens (tertiary/aromatic N) is 1. The van der Waals surface area contributed by atoms with Crippen molar-refractivity contribution >= 4 is 21.6 Å². The zero-order chi connectivity index (χ0) is 18.9. The van der Waals surface area contributed by atoms with E-state index < -0.39 is 15.9 Å². The highest BCUT2D eigenvalue weighted by atomic mass is 32.2. The number of furan rings is 1. The minimum Gasteiger partial charge on any atom is -0.438 e. The van der Waals surface area contributed by atoms with Crippen molar-refractivity contribution in [3.05, 3.63) is 46.7 Å². The van der Waals surface area contributed by atoms with Gasteiger partial charge in [0.25, 0.3) is 15.9 Å². The van der Waals surface area contributed by atoms with Crippen LogP contribution in [0.3, 0.4) is 0 Å². The maximum atomic E-state index is 12.6. The molecule has 0 unspecified atom stereocenters. The maximum absolute atomic E-state index is 12.6. The van der Waals surface area contributed by atoms with E-state index in [-0.39, 0.29) is 23.9 Å². The number of amides is 1. The Morgan fingerprint density at radius 2 is 1.69 bits per heavy atom. The van der Waals surface area contributed by atoms with Crippen LogP contribution in [0.5, 0.6) is 0 Å². The molecule has 0 radical (unpaired) electrons. The minimum absolute atomic E-state index is 0.0452. The van der Waals surface area contributed by atoms with Gasteiger partial charge >= 0.3 is 0 Å². The lowest BCUT2D eigenvalue weighted by molar-refractivity contribution is 0.0723. The van der Waals surface area contributed by atoms with Crippen LogP contribution < -0.4 is 5.32 Å². The number of rotatable bonds is 4. The molecule has 26 heavy (non-hydrogen) atoms.